The number of hydrogen-bond donors (Lipinski definition) is 2. The van der Waals surface area contributed by atoms with Crippen LogP contribution in [0.5, 0.6) is 0 Å². The Balaban J connectivity index is 2.09. The molecule has 3 N–H and O–H groups in total. The monoisotopic (exact) mass is 250 g/mol. The summed E-state index contributed by atoms with van der Waals surface area (Å²) in [7, 11) is 1.79. The van der Waals surface area contributed by atoms with Crippen molar-refractivity contribution in [2.75, 3.05) is 49.2 Å². The number of nitrogens with two attached hydrogens (primary N) is 1. The predicted octanol–water partition coefficient (Wildman–Crippen LogP) is -0.231. The van der Waals surface area contributed by atoms with Crippen molar-refractivity contribution in [2.24, 2.45) is 0 Å². The van der Waals surface area contributed by atoms with Crippen LogP contribution in [0.4, 0.5) is 17.6 Å². The van der Waals surface area contributed by atoms with Crippen molar-refractivity contribution >= 4 is 23.5 Å². The molecular formula is C11H18N6O. The third-order valence-electron chi connectivity index (χ3n) is 3.04. The number of rotatable bonds is 2. The maximum atomic E-state index is 11.2. The van der Waals surface area contributed by atoms with Crippen LogP contribution in [-0.4, -0.2) is 54.0 Å². The SMILES string of the molecule is CNc1cc(N2CCN(C(C)=O)CC2)nc(N)n1. The van der Waals surface area contributed by atoms with Gasteiger partial charge >= 0.3 is 0 Å². The van der Waals surface area contributed by atoms with Gasteiger partial charge in [-0.1, -0.05) is 0 Å². The molecule has 2 rings (SSSR count). The molecule has 0 saturated carbocycles. The van der Waals surface area contributed by atoms with E-state index in [4.69, 9.17) is 5.73 Å². The number of amides is 1. The molecule has 1 saturated heterocycles. The zero-order valence-corrected chi connectivity index (χ0v) is 10.7. The van der Waals surface area contributed by atoms with Gasteiger partial charge in [-0.3, -0.25) is 4.79 Å². The molecule has 0 radical (unpaired) electrons. The van der Waals surface area contributed by atoms with Gasteiger partial charge in [0.15, 0.2) is 0 Å². The van der Waals surface area contributed by atoms with Crippen LogP contribution in [0.25, 0.3) is 0 Å². The van der Waals surface area contributed by atoms with Crippen LogP contribution < -0.4 is 16.0 Å². The van der Waals surface area contributed by atoms with E-state index in [2.05, 4.69) is 20.2 Å². The van der Waals surface area contributed by atoms with Crippen molar-refractivity contribution in [3.63, 3.8) is 0 Å². The minimum Gasteiger partial charge on any atom is -0.373 e. The summed E-state index contributed by atoms with van der Waals surface area (Å²) in [5.41, 5.74) is 5.66. The fraction of sp³-hybridized carbons (Fsp3) is 0.545. The van der Waals surface area contributed by atoms with Gasteiger partial charge in [-0.05, 0) is 0 Å². The van der Waals surface area contributed by atoms with E-state index in [0.29, 0.717) is 18.9 Å². The van der Waals surface area contributed by atoms with Crippen LogP contribution in [-0.2, 0) is 4.79 Å². The lowest BCUT2D eigenvalue weighted by atomic mass is 10.3. The van der Waals surface area contributed by atoms with E-state index in [1.807, 2.05) is 11.0 Å². The summed E-state index contributed by atoms with van der Waals surface area (Å²) in [6.07, 6.45) is 0. The van der Waals surface area contributed by atoms with E-state index < -0.39 is 0 Å². The molecule has 0 aliphatic carbocycles. The number of piperazine rings is 1. The Labute approximate surface area is 106 Å². The average Bonchev–Trinajstić information content (AvgIpc) is 2.38. The molecule has 7 nitrogen and oxygen atoms in total. The Morgan fingerprint density at radius 2 is 2.00 bits per heavy atom. The second-order valence-electron chi connectivity index (χ2n) is 4.21. The van der Waals surface area contributed by atoms with Gasteiger partial charge in [-0.15, -0.1) is 0 Å². The molecule has 2 heterocycles. The molecule has 0 bridgehead atoms. The topological polar surface area (TPSA) is 87.4 Å². The Kier molecular flexibility index (Phi) is 3.50. The van der Waals surface area contributed by atoms with Crippen molar-refractivity contribution in [3.05, 3.63) is 6.07 Å². The van der Waals surface area contributed by atoms with Crippen molar-refractivity contribution in [2.45, 2.75) is 6.92 Å². The van der Waals surface area contributed by atoms with Crippen molar-refractivity contribution < 1.29 is 4.79 Å². The molecule has 1 fully saturated rings. The fourth-order valence-corrected chi connectivity index (χ4v) is 1.99. The Morgan fingerprint density at radius 1 is 1.33 bits per heavy atom. The number of nitrogens with zero attached hydrogens (tertiary/aromatic N) is 4. The highest BCUT2D eigenvalue weighted by atomic mass is 16.2. The van der Waals surface area contributed by atoms with E-state index in [1.54, 1.807) is 14.0 Å². The van der Waals surface area contributed by atoms with Crippen LogP contribution in [0.15, 0.2) is 6.07 Å². The first-order chi connectivity index (χ1) is 8.60. The summed E-state index contributed by atoms with van der Waals surface area (Å²) in [5.74, 6) is 1.88. The number of nitrogen functional groups attached to an aromatic ring is 1. The van der Waals surface area contributed by atoms with Crippen LogP contribution in [0, 0.1) is 0 Å². The predicted molar refractivity (Wildman–Crippen MR) is 70.5 cm³/mol. The van der Waals surface area contributed by atoms with Crippen molar-refractivity contribution in [1.82, 2.24) is 14.9 Å². The number of aromatic nitrogens is 2. The lowest BCUT2D eigenvalue weighted by Gasteiger charge is -2.35. The van der Waals surface area contributed by atoms with Crippen LogP contribution >= 0.6 is 0 Å². The molecule has 1 aromatic rings. The van der Waals surface area contributed by atoms with Gasteiger partial charge in [0, 0.05) is 46.2 Å². The summed E-state index contributed by atoms with van der Waals surface area (Å²) < 4.78 is 0. The standard InChI is InChI=1S/C11H18N6O/c1-8(18)16-3-5-17(6-4-16)10-7-9(13-2)14-11(12)15-10/h7H,3-6H2,1-2H3,(H3,12,13,14,15). The van der Waals surface area contributed by atoms with Crippen molar-refractivity contribution in [1.29, 1.82) is 0 Å². The molecule has 0 aromatic carbocycles. The maximum Gasteiger partial charge on any atom is 0.223 e. The summed E-state index contributed by atoms with van der Waals surface area (Å²) >= 11 is 0. The van der Waals surface area contributed by atoms with Crippen LogP contribution in [0.3, 0.4) is 0 Å². The molecule has 1 aliphatic heterocycles. The van der Waals surface area contributed by atoms with Crippen LogP contribution in [0.1, 0.15) is 6.92 Å². The Hall–Kier alpha value is -2.05. The second kappa shape index (κ2) is 5.07. The highest BCUT2D eigenvalue weighted by molar-refractivity contribution is 5.73. The zero-order valence-electron chi connectivity index (χ0n) is 10.7. The van der Waals surface area contributed by atoms with Gasteiger partial charge < -0.3 is 20.9 Å². The summed E-state index contributed by atoms with van der Waals surface area (Å²) in [6.45, 7) is 4.55. The highest BCUT2D eigenvalue weighted by Crippen LogP contribution is 2.18. The maximum absolute atomic E-state index is 11.2. The van der Waals surface area contributed by atoms with Gasteiger partial charge in [0.05, 0.1) is 0 Å². The molecule has 98 valence electrons. The molecule has 1 aromatic heterocycles. The third kappa shape index (κ3) is 2.61. The molecule has 0 atom stereocenters. The van der Waals surface area contributed by atoms with E-state index >= 15 is 0 Å². The molecule has 0 spiro atoms. The van der Waals surface area contributed by atoms with E-state index in [0.717, 1.165) is 18.9 Å². The van der Waals surface area contributed by atoms with E-state index in [9.17, 15) is 4.79 Å². The third-order valence-corrected chi connectivity index (χ3v) is 3.04. The Morgan fingerprint density at radius 3 is 2.56 bits per heavy atom. The lowest BCUT2D eigenvalue weighted by molar-refractivity contribution is -0.129. The Bertz CT molecular complexity index is 441. The average molecular weight is 250 g/mol. The second-order valence-corrected chi connectivity index (χ2v) is 4.21. The first kappa shape index (κ1) is 12.4. The lowest BCUT2D eigenvalue weighted by Crippen LogP contribution is -2.48. The minimum atomic E-state index is 0.118. The van der Waals surface area contributed by atoms with Gasteiger partial charge in [0.1, 0.15) is 11.6 Å². The zero-order chi connectivity index (χ0) is 13.1. The van der Waals surface area contributed by atoms with E-state index in [-0.39, 0.29) is 11.9 Å². The summed E-state index contributed by atoms with van der Waals surface area (Å²) in [5, 5.41) is 2.95. The molecule has 1 aliphatic rings. The van der Waals surface area contributed by atoms with Crippen molar-refractivity contribution in [3.8, 4) is 0 Å². The summed E-state index contributed by atoms with van der Waals surface area (Å²) in [6, 6.07) is 1.86. The number of hydrogen-bond acceptors (Lipinski definition) is 6. The first-order valence-electron chi connectivity index (χ1n) is 5.93. The number of anilines is 3. The number of carbonyl (C=O) groups is 1. The first-order valence-corrected chi connectivity index (χ1v) is 5.93. The van der Waals surface area contributed by atoms with Gasteiger partial charge in [-0.25, -0.2) is 0 Å². The van der Waals surface area contributed by atoms with Gasteiger partial charge in [-0.2, -0.15) is 9.97 Å². The molecule has 18 heavy (non-hydrogen) atoms. The molecule has 1 amide bonds. The molecule has 7 heteroatoms. The molecule has 0 unspecified atom stereocenters. The van der Waals surface area contributed by atoms with Gasteiger partial charge in [0.25, 0.3) is 0 Å². The summed E-state index contributed by atoms with van der Waals surface area (Å²) in [4.78, 5) is 23.5. The molecular weight excluding hydrogens is 232 g/mol. The largest absolute Gasteiger partial charge is 0.373 e. The quantitative estimate of drug-likeness (QED) is 0.754. The normalized spacial score (nSPS) is 15.7. The minimum absolute atomic E-state index is 0.118. The highest BCUT2D eigenvalue weighted by Gasteiger charge is 2.20. The van der Waals surface area contributed by atoms with Gasteiger partial charge in [0.2, 0.25) is 11.9 Å². The fourth-order valence-electron chi connectivity index (χ4n) is 1.99. The van der Waals surface area contributed by atoms with Crippen LogP contribution in [0.2, 0.25) is 0 Å². The number of carbonyl (C=O) groups excluding carboxylic acids is 1. The number of nitrogens with one attached hydrogen (secondary N) is 1. The smallest absolute Gasteiger partial charge is 0.223 e. The van der Waals surface area contributed by atoms with E-state index in [1.165, 1.54) is 0 Å².